The van der Waals surface area contributed by atoms with Crippen molar-refractivity contribution in [3.8, 4) is 33.4 Å². The molecule has 0 fully saturated rings. The fourth-order valence-electron chi connectivity index (χ4n) is 9.19. The van der Waals surface area contributed by atoms with Crippen LogP contribution in [0, 0.1) is 0 Å². The van der Waals surface area contributed by atoms with Crippen LogP contribution in [0.4, 0.5) is 11.4 Å². The molecule has 0 spiro atoms. The summed E-state index contributed by atoms with van der Waals surface area (Å²) in [7, 11) is 0. The van der Waals surface area contributed by atoms with Gasteiger partial charge in [-0.25, -0.2) is 0 Å². The zero-order chi connectivity index (χ0) is 33.7. The van der Waals surface area contributed by atoms with Crippen molar-refractivity contribution in [2.45, 2.75) is 50.9 Å². The number of carbonyl (C=O) groups is 1. The van der Waals surface area contributed by atoms with E-state index in [-0.39, 0.29) is 22.5 Å². The standard InChI is InChI=1S/C45H37ClN2O/c1-27(49)43-37-14-6-5-11-31(37)32-20-17-28(23-38(32)43)26-45(4)40-16-10-8-13-34(40)36-22-19-30(25-42(36)45)48(47-46)29-18-21-35-33-12-7-9-15-39(33)44(2,3)41(35)24-29/h5-25,43,47H,26H2,1-4H3. The first kappa shape index (κ1) is 30.1. The number of nitrogens with one attached hydrogen (secondary N) is 1. The highest BCUT2D eigenvalue weighted by atomic mass is 35.5. The number of hydrazine groups is 1. The minimum absolute atomic E-state index is 0.114. The van der Waals surface area contributed by atoms with Gasteiger partial charge in [0.05, 0.1) is 17.3 Å². The Morgan fingerprint density at radius 3 is 1.84 bits per heavy atom. The summed E-state index contributed by atoms with van der Waals surface area (Å²) in [6, 6.07) is 46.0. The molecule has 240 valence electrons. The summed E-state index contributed by atoms with van der Waals surface area (Å²) in [6.45, 7) is 8.68. The van der Waals surface area contributed by atoms with Gasteiger partial charge in [-0.2, -0.15) is 0 Å². The molecular weight excluding hydrogens is 620 g/mol. The fourth-order valence-corrected chi connectivity index (χ4v) is 9.38. The molecule has 0 bridgehead atoms. The van der Waals surface area contributed by atoms with Crippen LogP contribution in [0.25, 0.3) is 33.4 Å². The fraction of sp³-hybridized carbons (Fsp3) is 0.178. The molecule has 0 amide bonds. The summed E-state index contributed by atoms with van der Waals surface area (Å²) in [4.78, 5) is 16.0. The topological polar surface area (TPSA) is 32.3 Å². The van der Waals surface area contributed by atoms with Gasteiger partial charge in [-0.15, -0.1) is 4.94 Å². The number of fused-ring (bicyclic) bond motifs is 9. The summed E-state index contributed by atoms with van der Waals surface area (Å²) < 4.78 is 0. The second kappa shape index (κ2) is 10.8. The maximum absolute atomic E-state index is 13.0. The molecule has 2 atom stereocenters. The van der Waals surface area contributed by atoms with E-state index in [2.05, 4.69) is 147 Å². The van der Waals surface area contributed by atoms with Gasteiger partial charge < -0.3 is 0 Å². The lowest BCUT2D eigenvalue weighted by Gasteiger charge is -2.30. The summed E-state index contributed by atoms with van der Waals surface area (Å²) in [6.07, 6.45) is 0.800. The molecule has 0 heterocycles. The lowest BCUT2D eigenvalue weighted by atomic mass is 9.74. The predicted molar refractivity (Wildman–Crippen MR) is 202 cm³/mol. The van der Waals surface area contributed by atoms with Crippen molar-refractivity contribution >= 4 is 28.9 Å². The molecule has 0 aliphatic heterocycles. The number of halogens is 1. The molecule has 0 radical (unpaired) electrons. The van der Waals surface area contributed by atoms with Gasteiger partial charge in [0.2, 0.25) is 0 Å². The van der Waals surface area contributed by atoms with Crippen molar-refractivity contribution in [2.75, 3.05) is 5.01 Å². The Bertz CT molecular complexity index is 2360. The lowest BCUT2D eigenvalue weighted by molar-refractivity contribution is -0.117. The molecule has 2 unspecified atom stereocenters. The minimum atomic E-state index is -0.299. The van der Waals surface area contributed by atoms with Gasteiger partial charge in [-0.3, -0.25) is 9.80 Å². The first-order valence-electron chi connectivity index (χ1n) is 17.1. The Morgan fingerprint density at radius 2 is 1.14 bits per heavy atom. The Kier molecular flexibility index (Phi) is 6.62. The Labute approximate surface area is 293 Å². The summed E-state index contributed by atoms with van der Waals surface area (Å²) in [5.41, 5.74) is 17.7. The second-order valence-corrected chi connectivity index (χ2v) is 14.8. The van der Waals surface area contributed by atoms with Gasteiger partial charge in [0, 0.05) is 10.8 Å². The molecule has 4 heteroatoms. The van der Waals surface area contributed by atoms with E-state index in [1.165, 1.54) is 61.2 Å². The third-order valence-electron chi connectivity index (χ3n) is 11.5. The summed E-state index contributed by atoms with van der Waals surface area (Å²) >= 11 is 6.57. The molecule has 3 aliphatic rings. The highest BCUT2D eigenvalue weighted by Gasteiger charge is 2.41. The van der Waals surface area contributed by atoms with Crippen LogP contribution in [0.15, 0.2) is 127 Å². The highest BCUT2D eigenvalue weighted by molar-refractivity contribution is 6.14. The van der Waals surface area contributed by atoms with Crippen LogP contribution in [0.2, 0.25) is 0 Å². The van der Waals surface area contributed by atoms with Crippen molar-refractivity contribution in [1.29, 1.82) is 0 Å². The third kappa shape index (κ3) is 4.29. The quantitative estimate of drug-likeness (QED) is 0.143. The monoisotopic (exact) mass is 656 g/mol. The van der Waals surface area contributed by atoms with Crippen LogP contribution in [0.5, 0.6) is 0 Å². The van der Waals surface area contributed by atoms with Crippen LogP contribution in [-0.2, 0) is 22.0 Å². The van der Waals surface area contributed by atoms with Gasteiger partial charge >= 0.3 is 0 Å². The SMILES string of the molecule is CC(=O)C1c2ccccc2-c2ccc(CC3(C)c4ccccc4-c4ccc(N(NCl)c5ccc6c(c5)C(C)(C)c5ccccc5-6)cc43)cc21. The van der Waals surface area contributed by atoms with Crippen molar-refractivity contribution in [2.24, 2.45) is 0 Å². The van der Waals surface area contributed by atoms with Crippen LogP contribution in [0.1, 0.15) is 72.6 Å². The van der Waals surface area contributed by atoms with Gasteiger partial charge in [0.15, 0.2) is 0 Å². The van der Waals surface area contributed by atoms with Gasteiger partial charge in [0.25, 0.3) is 0 Å². The normalized spacial score (nSPS) is 18.6. The zero-order valence-corrected chi connectivity index (χ0v) is 28.9. The Balaban J connectivity index is 1.12. The first-order chi connectivity index (χ1) is 23.7. The number of Topliss-reactive ketones (excluding diaryl/α,β-unsaturated/α-hetero) is 1. The maximum atomic E-state index is 13.0. The van der Waals surface area contributed by atoms with E-state index in [1.54, 1.807) is 6.92 Å². The molecule has 9 rings (SSSR count). The molecule has 3 nitrogen and oxygen atoms in total. The molecule has 1 N–H and O–H groups in total. The third-order valence-corrected chi connectivity index (χ3v) is 11.7. The first-order valence-corrected chi connectivity index (χ1v) is 17.5. The van der Waals surface area contributed by atoms with Crippen LogP contribution in [0.3, 0.4) is 0 Å². The zero-order valence-electron chi connectivity index (χ0n) is 28.1. The van der Waals surface area contributed by atoms with Crippen LogP contribution < -0.4 is 9.95 Å². The number of rotatable bonds is 6. The van der Waals surface area contributed by atoms with E-state index < -0.39 is 0 Å². The van der Waals surface area contributed by atoms with E-state index in [0.29, 0.717) is 0 Å². The molecule has 0 saturated heterocycles. The molecule has 6 aromatic carbocycles. The van der Waals surface area contributed by atoms with Crippen molar-refractivity contribution in [3.05, 3.63) is 166 Å². The summed E-state index contributed by atoms with van der Waals surface area (Å²) in [5, 5.41) is 1.98. The number of ketones is 1. The molecule has 0 saturated carbocycles. The largest absolute Gasteiger partial charge is 0.299 e. The second-order valence-electron chi connectivity index (χ2n) is 14.7. The maximum Gasteiger partial charge on any atom is 0.141 e. The van der Waals surface area contributed by atoms with E-state index in [0.717, 1.165) is 28.9 Å². The molecule has 6 aromatic rings. The van der Waals surface area contributed by atoms with E-state index in [1.807, 2.05) is 11.1 Å². The molecule has 49 heavy (non-hydrogen) atoms. The Morgan fingerprint density at radius 1 is 0.612 bits per heavy atom. The van der Waals surface area contributed by atoms with E-state index >= 15 is 0 Å². The predicted octanol–water partition coefficient (Wildman–Crippen LogP) is 11.0. The highest BCUT2D eigenvalue weighted by Crippen LogP contribution is 2.54. The number of hydrogen-bond acceptors (Lipinski definition) is 3. The molecular formula is C45H37ClN2O. The van der Waals surface area contributed by atoms with Gasteiger partial charge in [-0.05, 0) is 122 Å². The molecule has 3 aliphatic carbocycles. The van der Waals surface area contributed by atoms with Crippen molar-refractivity contribution < 1.29 is 4.79 Å². The Hall–Kier alpha value is -4.96. The number of hydrogen-bond donors (Lipinski definition) is 1. The minimum Gasteiger partial charge on any atom is -0.299 e. The van der Waals surface area contributed by atoms with Gasteiger partial charge in [0.1, 0.15) is 5.78 Å². The van der Waals surface area contributed by atoms with E-state index in [4.69, 9.17) is 11.8 Å². The number of anilines is 2. The number of carbonyl (C=O) groups excluding carboxylic acids is 1. The lowest BCUT2D eigenvalue weighted by Crippen LogP contribution is -2.28. The number of nitrogens with zero attached hydrogens (tertiary/aromatic N) is 1. The average molecular weight is 657 g/mol. The number of benzene rings is 6. The van der Waals surface area contributed by atoms with E-state index in [9.17, 15) is 4.79 Å². The average Bonchev–Trinajstić information content (AvgIpc) is 3.66. The van der Waals surface area contributed by atoms with Crippen LogP contribution >= 0.6 is 11.8 Å². The van der Waals surface area contributed by atoms with Crippen molar-refractivity contribution in [3.63, 3.8) is 0 Å². The summed E-state index contributed by atoms with van der Waals surface area (Å²) in [5.74, 6) is -0.0367. The van der Waals surface area contributed by atoms with Crippen molar-refractivity contribution in [1.82, 2.24) is 4.94 Å². The van der Waals surface area contributed by atoms with Gasteiger partial charge in [-0.1, -0.05) is 124 Å². The smallest absolute Gasteiger partial charge is 0.141 e. The molecule has 0 aromatic heterocycles. The van der Waals surface area contributed by atoms with Crippen LogP contribution in [-0.4, -0.2) is 5.78 Å².